The summed E-state index contributed by atoms with van der Waals surface area (Å²) < 4.78 is 37.3. The molecule has 0 amide bonds. The van der Waals surface area contributed by atoms with Gasteiger partial charge in [-0.1, -0.05) is 6.92 Å². The van der Waals surface area contributed by atoms with E-state index in [0.717, 1.165) is 0 Å². The minimum Gasteiger partial charge on any atom is -0.465 e. The van der Waals surface area contributed by atoms with E-state index in [0.29, 0.717) is 6.42 Å². The lowest BCUT2D eigenvalue weighted by Gasteiger charge is -2.35. The predicted octanol–water partition coefficient (Wildman–Crippen LogP) is 2.07. The molecule has 88 valence electrons. The average molecular weight is 240 g/mol. The third-order valence-corrected chi connectivity index (χ3v) is 3.26. The van der Waals surface area contributed by atoms with Crippen molar-refractivity contribution < 1.29 is 27.3 Å². The number of carbonyl (C=O) groups excluding carboxylic acids is 1. The number of ether oxygens (including phenoxy) is 1. The lowest BCUT2D eigenvalue weighted by molar-refractivity contribution is -0.148. The van der Waals surface area contributed by atoms with E-state index in [4.69, 9.17) is 4.74 Å². The molecule has 1 heterocycles. The Labute approximate surface area is 87.5 Å². The Morgan fingerprint density at radius 1 is 1.53 bits per heavy atom. The topological polar surface area (TPSA) is 61.8 Å². The second-order valence-electron chi connectivity index (χ2n) is 3.61. The molecule has 0 atom stereocenters. The third kappa shape index (κ3) is 3.55. The van der Waals surface area contributed by atoms with Crippen LogP contribution in [0, 0.1) is 5.41 Å². The van der Waals surface area contributed by atoms with Crippen molar-refractivity contribution in [1.29, 1.82) is 0 Å². The molecule has 0 N–H and O–H groups in total. The quantitative estimate of drug-likeness (QED) is 0.558. The first-order chi connectivity index (χ1) is 6.89. The second kappa shape index (κ2) is 4.60. The molecule has 0 bridgehead atoms. The summed E-state index contributed by atoms with van der Waals surface area (Å²) in [6.45, 7) is 3.08. The molecule has 1 rings (SSSR count). The van der Waals surface area contributed by atoms with Gasteiger partial charge in [-0.2, -0.15) is 0 Å². The molecule has 0 aromatic heterocycles. The fraction of sp³-hybridized carbons (Fsp3) is 0.875. The maximum Gasteiger partial charge on any atom is 0.513 e. The molecule has 7 heteroatoms. The van der Waals surface area contributed by atoms with Crippen LogP contribution in [0.4, 0.5) is 4.20 Å². The molecule has 0 radical (unpaired) electrons. The lowest BCUT2D eigenvalue weighted by Crippen LogP contribution is -2.39. The van der Waals surface area contributed by atoms with Gasteiger partial charge in [-0.05, 0) is 6.42 Å². The summed E-state index contributed by atoms with van der Waals surface area (Å²) in [7, 11) is -4.37. The Morgan fingerprint density at radius 2 is 2.07 bits per heavy atom. The van der Waals surface area contributed by atoms with Crippen molar-refractivity contribution in [2.75, 3.05) is 19.8 Å². The molecule has 0 saturated carbocycles. The highest BCUT2D eigenvalue weighted by atomic mass is 31.2. The van der Waals surface area contributed by atoms with E-state index in [-0.39, 0.29) is 19.8 Å². The molecule has 0 aromatic carbocycles. The van der Waals surface area contributed by atoms with E-state index in [9.17, 15) is 13.6 Å². The molecule has 0 unspecified atom stereocenters. The van der Waals surface area contributed by atoms with E-state index >= 15 is 0 Å². The Balaban J connectivity index is 2.56. The fourth-order valence-corrected chi connectivity index (χ4v) is 2.08. The molecular formula is C8H14FO5P. The van der Waals surface area contributed by atoms with Gasteiger partial charge < -0.3 is 4.74 Å². The monoisotopic (exact) mass is 240 g/mol. The molecular weight excluding hydrogens is 226 g/mol. The number of hydrogen-bond acceptors (Lipinski definition) is 5. The molecule has 1 aliphatic heterocycles. The number of hydrogen-bond donors (Lipinski definition) is 0. The maximum absolute atomic E-state index is 12.8. The van der Waals surface area contributed by atoms with E-state index in [2.05, 4.69) is 9.05 Å². The Hall–Kier alpha value is -0.450. The summed E-state index contributed by atoms with van der Waals surface area (Å²) >= 11 is 0. The van der Waals surface area contributed by atoms with Crippen molar-refractivity contribution in [1.82, 2.24) is 0 Å². The summed E-state index contributed by atoms with van der Waals surface area (Å²) in [5, 5.41) is 0. The lowest BCUT2D eigenvalue weighted by atomic mass is 9.88. The average Bonchev–Trinajstić information content (AvgIpc) is 2.17. The van der Waals surface area contributed by atoms with E-state index in [1.54, 1.807) is 0 Å². The Bertz CT molecular complexity index is 275. The Morgan fingerprint density at radius 3 is 2.47 bits per heavy atom. The normalized spacial score (nSPS) is 36.2. The highest BCUT2D eigenvalue weighted by Crippen LogP contribution is 2.55. The van der Waals surface area contributed by atoms with E-state index in [1.807, 2.05) is 6.92 Å². The van der Waals surface area contributed by atoms with Gasteiger partial charge in [0.1, 0.15) is 6.61 Å². The summed E-state index contributed by atoms with van der Waals surface area (Å²) in [4.78, 5) is 10.6. The van der Waals surface area contributed by atoms with Crippen LogP contribution in [0.25, 0.3) is 0 Å². The summed E-state index contributed by atoms with van der Waals surface area (Å²) in [6, 6.07) is 0. The molecule has 1 aliphatic rings. The van der Waals surface area contributed by atoms with Crippen molar-refractivity contribution in [3.63, 3.8) is 0 Å². The van der Waals surface area contributed by atoms with Gasteiger partial charge in [0, 0.05) is 6.92 Å². The molecule has 5 nitrogen and oxygen atoms in total. The smallest absolute Gasteiger partial charge is 0.465 e. The summed E-state index contributed by atoms with van der Waals surface area (Å²) in [5.41, 5.74) is -0.592. The highest BCUT2D eigenvalue weighted by molar-refractivity contribution is 7.48. The molecule has 15 heavy (non-hydrogen) atoms. The number of carbonyl (C=O) groups is 1. The molecule has 1 saturated heterocycles. The van der Waals surface area contributed by atoms with Crippen LogP contribution in [0.2, 0.25) is 0 Å². The van der Waals surface area contributed by atoms with Crippen molar-refractivity contribution in [2.45, 2.75) is 20.3 Å². The predicted molar refractivity (Wildman–Crippen MR) is 50.0 cm³/mol. The highest BCUT2D eigenvalue weighted by Gasteiger charge is 2.42. The molecule has 0 spiro atoms. The van der Waals surface area contributed by atoms with E-state index in [1.165, 1.54) is 6.92 Å². The van der Waals surface area contributed by atoms with E-state index < -0.39 is 19.3 Å². The van der Waals surface area contributed by atoms with Crippen LogP contribution in [-0.2, 0) is 23.1 Å². The SMILES string of the molecule is CCC1(COC(C)=O)COP(=O)(F)OC1. The van der Waals surface area contributed by atoms with Crippen molar-refractivity contribution in [3.05, 3.63) is 0 Å². The largest absolute Gasteiger partial charge is 0.513 e. The van der Waals surface area contributed by atoms with Crippen molar-refractivity contribution >= 4 is 13.9 Å². The molecule has 1 fully saturated rings. The first-order valence-corrected chi connectivity index (χ1v) is 6.05. The number of rotatable bonds is 3. The van der Waals surface area contributed by atoms with Gasteiger partial charge in [-0.15, -0.1) is 4.20 Å². The van der Waals surface area contributed by atoms with Gasteiger partial charge in [0.25, 0.3) is 0 Å². The number of halogens is 1. The van der Waals surface area contributed by atoms with Crippen molar-refractivity contribution in [3.8, 4) is 0 Å². The molecule has 0 aliphatic carbocycles. The molecule has 0 aromatic rings. The van der Waals surface area contributed by atoms with Crippen LogP contribution in [0.15, 0.2) is 0 Å². The summed E-state index contributed by atoms with van der Waals surface area (Å²) in [5.74, 6) is -0.420. The fourth-order valence-electron chi connectivity index (χ4n) is 1.15. The second-order valence-corrected chi connectivity index (χ2v) is 4.99. The van der Waals surface area contributed by atoms with Gasteiger partial charge in [0.2, 0.25) is 0 Å². The van der Waals surface area contributed by atoms with Crippen LogP contribution in [0.1, 0.15) is 20.3 Å². The van der Waals surface area contributed by atoms with Crippen LogP contribution in [0.3, 0.4) is 0 Å². The van der Waals surface area contributed by atoms with Gasteiger partial charge >= 0.3 is 13.9 Å². The number of esters is 1. The minimum atomic E-state index is -4.37. The zero-order valence-electron chi connectivity index (χ0n) is 8.69. The third-order valence-electron chi connectivity index (χ3n) is 2.38. The first-order valence-electron chi connectivity index (χ1n) is 4.61. The zero-order chi connectivity index (χ0) is 11.5. The van der Waals surface area contributed by atoms with Gasteiger partial charge in [0.15, 0.2) is 0 Å². The minimum absolute atomic E-state index is 0.0649. The van der Waals surface area contributed by atoms with Crippen LogP contribution in [0.5, 0.6) is 0 Å². The van der Waals surface area contributed by atoms with Crippen LogP contribution in [-0.4, -0.2) is 25.8 Å². The van der Waals surface area contributed by atoms with Crippen LogP contribution < -0.4 is 0 Å². The van der Waals surface area contributed by atoms with Crippen molar-refractivity contribution in [2.24, 2.45) is 5.41 Å². The van der Waals surface area contributed by atoms with Gasteiger partial charge in [0.05, 0.1) is 18.6 Å². The standard InChI is InChI=1S/C8H14FO5P/c1-3-8(4-12-7(2)10)5-13-15(9,11)14-6-8/h3-6H2,1-2H3. The van der Waals surface area contributed by atoms with Gasteiger partial charge in [-0.3, -0.25) is 13.8 Å². The summed E-state index contributed by atoms with van der Waals surface area (Å²) in [6.07, 6.45) is 0.584. The van der Waals surface area contributed by atoms with Crippen LogP contribution >= 0.6 is 7.91 Å². The zero-order valence-corrected chi connectivity index (χ0v) is 9.59. The Kier molecular flexibility index (Phi) is 3.87. The maximum atomic E-state index is 12.8. The first kappa shape index (κ1) is 12.6. The van der Waals surface area contributed by atoms with Gasteiger partial charge in [-0.25, -0.2) is 4.57 Å².